The number of pyridine rings is 1. The van der Waals surface area contributed by atoms with E-state index in [0.717, 1.165) is 54.8 Å². The van der Waals surface area contributed by atoms with E-state index in [-0.39, 0.29) is 0 Å². The lowest BCUT2D eigenvalue weighted by Gasteiger charge is -2.26. The molecule has 0 spiro atoms. The Hall–Kier alpha value is -2.66. The first-order chi connectivity index (χ1) is 14.2. The largest absolute Gasteiger partial charge is 0.379 e. The number of halogens is 1. The Morgan fingerprint density at radius 1 is 0.862 bits per heavy atom. The molecule has 4 aromatic rings. The summed E-state index contributed by atoms with van der Waals surface area (Å²) in [5, 5.41) is 0.733. The van der Waals surface area contributed by atoms with Gasteiger partial charge < -0.3 is 9.14 Å². The van der Waals surface area contributed by atoms with Crippen molar-refractivity contribution in [1.82, 2.24) is 14.3 Å². The first-order valence-corrected chi connectivity index (χ1v) is 10.3. The maximum atomic E-state index is 6.01. The van der Waals surface area contributed by atoms with Crippen LogP contribution in [-0.2, 0) is 11.3 Å². The van der Waals surface area contributed by atoms with E-state index < -0.39 is 0 Å². The molecule has 1 fully saturated rings. The lowest BCUT2D eigenvalue weighted by atomic mass is 10.0. The number of hydrogen-bond acceptors (Lipinski definition) is 3. The van der Waals surface area contributed by atoms with Crippen LogP contribution < -0.4 is 0 Å². The van der Waals surface area contributed by atoms with Crippen LogP contribution in [0.1, 0.15) is 5.56 Å². The summed E-state index contributed by atoms with van der Waals surface area (Å²) in [7, 11) is 0. The molecule has 0 bridgehead atoms. The third-order valence-corrected chi connectivity index (χ3v) is 5.61. The standard InChI is InChI=1S/C24H22ClN3O/c25-22-7-4-19(5-8-22)23-17-28-16-21(6-9-24(28)26-23)20-3-1-2-18(14-20)15-27-10-12-29-13-11-27/h1-9,14,16-17H,10-13,15H2. The summed E-state index contributed by atoms with van der Waals surface area (Å²) in [6, 6.07) is 20.8. The van der Waals surface area contributed by atoms with Crippen LogP contribution in [0.5, 0.6) is 0 Å². The van der Waals surface area contributed by atoms with E-state index in [2.05, 4.69) is 58.1 Å². The topological polar surface area (TPSA) is 29.8 Å². The predicted octanol–water partition coefficient (Wildman–Crippen LogP) is 5.15. The van der Waals surface area contributed by atoms with Gasteiger partial charge in [0.2, 0.25) is 0 Å². The van der Waals surface area contributed by atoms with Crippen LogP contribution >= 0.6 is 11.6 Å². The van der Waals surface area contributed by atoms with E-state index >= 15 is 0 Å². The Balaban J connectivity index is 1.42. The lowest BCUT2D eigenvalue weighted by Crippen LogP contribution is -2.35. The average molecular weight is 404 g/mol. The van der Waals surface area contributed by atoms with E-state index in [1.165, 1.54) is 16.7 Å². The van der Waals surface area contributed by atoms with E-state index in [4.69, 9.17) is 21.3 Å². The van der Waals surface area contributed by atoms with Gasteiger partial charge in [-0.05, 0) is 47.0 Å². The Morgan fingerprint density at radius 3 is 2.48 bits per heavy atom. The summed E-state index contributed by atoms with van der Waals surface area (Å²) in [6.45, 7) is 4.61. The van der Waals surface area contributed by atoms with Crippen LogP contribution in [0.25, 0.3) is 28.0 Å². The summed E-state index contributed by atoms with van der Waals surface area (Å²) in [5.41, 5.74) is 6.67. The Bertz CT molecular complexity index is 1130. The fourth-order valence-corrected chi connectivity index (χ4v) is 3.92. The third kappa shape index (κ3) is 4.06. The highest BCUT2D eigenvalue weighted by atomic mass is 35.5. The van der Waals surface area contributed by atoms with Gasteiger partial charge in [0.25, 0.3) is 0 Å². The number of benzene rings is 2. The van der Waals surface area contributed by atoms with Crippen molar-refractivity contribution in [1.29, 1.82) is 0 Å². The lowest BCUT2D eigenvalue weighted by molar-refractivity contribution is 0.0342. The molecule has 1 aliphatic heterocycles. The van der Waals surface area contributed by atoms with E-state index in [9.17, 15) is 0 Å². The molecule has 2 aromatic carbocycles. The Kier molecular flexibility index (Phi) is 5.06. The number of aromatic nitrogens is 2. The van der Waals surface area contributed by atoms with Crippen LogP contribution in [-0.4, -0.2) is 40.6 Å². The van der Waals surface area contributed by atoms with E-state index in [1.54, 1.807) is 0 Å². The molecule has 1 aliphatic rings. The minimum atomic E-state index is 0.733. The van der Waals surface area contributed by atoms with Crippen LogP contribution in [0, 0.1) is 0 Å². The highest BCUT2D eigenvalue weighted by molar-refractivity contribution is 6.30. The summed E-state index contributed by atoms with van der Waals surface area (Å²) < 4.78 is 7.55. The summed E-state index contributed by atoms with van der Waals surface area (Å²) >= 11 is 6.01. The van der Waals surface area contributed by atoms with E-state index in [1.807, 2.05) is 24.3 Å². The van der Waals surface area contributed by atoms with Crippen molar-refractivity contribution in [3.63, 3.8) is 0 Å². The van der Waals surface area contributed by atoms with Crippen LogP contribution in [0.2, 0.25) is 5.02 Å². The maximum Gasteiger partial charge on any atom is 0.137 e. The van der Waals surface area contributed by atoms with Crippen molar-refractivity contribution in [2.75, 3.05) is 26.3 Å². The second kappa shape index (κ2) is 7.99. The zero-order valence-electron chi connectivity index (χ0n) is 16.1. The Labute approximate surface area is 175 Å². The molecule has 2 aromatic heterocycles. The summed E-state index contributed by atoms with van der Waals surface area (Å²) in [4.78, 5) is 7.19. The number of morpholine rings is 1. The second-order valence-corrected chi connectivity index (χ2v) is 7.84. The number of ether oxygens (including phenoxy) is 1. The number of rotatable bonds is 4. The van der Waals surface area contributed by atoms with Gasteiger partial charge in [0.1, 0.15) is 5.65 Å². The molecule has 0 radical (unpaired) electrons. The van der Waals surface area contributed by atoms with Gasteiger partial charge >= 0.3 is 0 Å². The van der Waals surface area contributed by atoms with E-state index in [0.29, 0.717) is 0 Å². The normalized spacial score (nSPS) is 15.1. The minimum absolute atomic E-state index is 0.733. The molecule has 5 heteroatoms. The Morgan fingerprint density at radius 2 is 1.66 bits per heavy atom. The first-order valence-electron chi connectivity index (χ1n) is 9.89. The quantitative estimate of drug-likeness (QED) is 0.471. The van der Waals surface area contributed by atoms with Crippen molar-refractivity contribution < 1.29 is 4.74 Å². The molecular weight excluding hydrogens is 382 g/mol. The van der Waals surface area contributed by atoms with Gasteiger partial charge in [0.05, 0.1) is 18.9 Å². The molecule has 0 atom stereocenters. The molecule has 0 saturated carbocycles. The fourth-order valence-electron chi connectivity index (χ4n) is 3.79. The van der Waals surface area contributed by atoms with Crippen LogP contribution in [0.15, 0.2) is 73.1 Å². The van der Waals surface area contributed by atoms with Gasteiger partial charge in [-0.15, -0.1) is 0 Å². The van der Waals surface area contributed by atoms with Gasteiger partial charge in [-0.1, -0.05) is 41.9 Å². The smallest absolute Gasteiger partial charge is 0.137 e. The second-order valence-electron chi connectivity index (χ2n) is 7.41. The van der Waals surface area contributed by atoms with Crippen LogP contribution in [0.4, 0.5) is 0 Å². The molecular formula is C24H22ClN3O. The van der Waals surface area contributed by atoms with Crippen molar-refractivity contribution >= 4 is 17.2 Å². The van der Waals surface area contributed by atoms with Gasteiger partial charge in [-0.3, -0.25) is 4.90 Å². The summed E-state index contributed by atoms with van der Waals surface area (Å²) in [6.07, 6.45) is 4.22. The predicted molar refractivity (Wildman–Crippen MR) is 117 cm³/mol. The zero-order valence-corrected chi connectivity index (χ0v) is 16.8. The van der Waals surface area contributed by atoms with Crippen molar-refractivity contribution in [3.05, 3.63) is 83.6 Å². The number of fused-ring (bicyclic) bond motifs is 1. The zero-order chi connectivity index (χ0) is 19.6. The average Bonchev–Trinajstić information content (AvgIpc) is 3.18. The molecule has 5 rings (SSSR count). The van der Waals surface area contributed by atoms with Gasteiger partial charge in [0.15, 0.2) is 0 Å². The van der Waals surface area contributed by atoms with Crippen molar-refractivity contribution in [2.45, 2.75) is 6.54 Å². The number of nitrogens with zero attached hydrogens (tertiary/aromatic N) is 3. The summed E-state index contributed by atoms with van der Waals surface area (Å²) in [5.74, 6) is 0. The molecule has 29 heavy (non-hydrogen) atoms. The maximum absolute atomic E-state index is 6.01. The molecule has 0 aliphatic carbocycles. The van der Waals surface area contributed by atoms with Gasteiger partial charge in [0, 0.05) is 42.6 Å². The SMILES string of the molecule is Clc1ccc(-c2cn3cc(-c4cccc(CN5CCOCC5)c4)ccc3n2)cc1. The molecule has 0 amide bonds. The highest BCUT2D eigenvalue weighted by Crippen LogP contribution is 2.25. The fraction of sp³-hybridized carbons (Fsp3) is 0.208. The molecule has 3 heterocycles. The van der Waals surface area contributed by atoms with Crippen LogP contribution in [0.3, 0.4) is 0 Å². The molecule has 0 N–H and O–H groups in total. The molecule has 0 unspecified atom stereocenters. The third-order valence-electron chi connectivity index (χ3n) is 5.36. The number of imidazole rings is 1. The first kappa shape index (κ1) is 18.4. The molecule has 1 saturated heterocycles. The monoisotopic (exact) mass is 403 g/mol. The molecule has 4 nitrogen and oxygen atoms in total. The highest BCUT2D eigenvalue weighted by Gasteiger charge is 2.11. The number of hydrogen-bond donors (Lipinski definition) is 0. The van der Waals surface area contributed by atoms with Crippen molar-refractivity contribution in [3.8, 4) is 22.4 Å². The molecule has 146 valence electrons. The minimum Gasteiger partial charge on any atom is -0.379 e. The van der Waals surface area contributed by atoms with Gasteiger partial charge in [-0.2, -0.15) is 0 Å². The van der Waals surface area contributed by atoms with Crippen molar-refractivity contribution in [2.24, 2.45) is 0 Å². The van der Waals surface area contributed by atoms with Gasteiger partial charge in [-0.25, -0.2) is 4.98 Å².